The van der Waals surface area contributed by atoms with Crippen molar-refractivity contribution in [3.8, 4) is 0 Å². The van der Waals surface area contributed by atoms with Gasteiger partial charge in [0.15, 0.2) is 11.6 Å². The zero-order valence-corrected chi connectivity index (χ0v) is 11.1. The lowest BCUT2D eigenvalue weighted by molar-refractivity contribution is 0.174. The average molecular weight is 272 g/mol. The van der Waals surface area contributed by atoms with Gasteiger partial charge in [-0.1, -0.05) is 0 Å². The Labute approximate surface area is 111 Å². The molecule has 2 rings (SSSR count). The van der Waals surface area contributed by atoms with Crippen molar-refractivity contribution in [3.63, 3.8) is 0 Å². The second kappa shape index (κ2) is 6.39. The van der Waals surface area contributed by atoms with Gasteiger partial charge in [0, 0.05) is 18.2 Å². The molecule has 1 aliphatic heterocycles. The first kappa shape index (κ1) is 14.3. The van der Waals surface area contributed by atoms with Crippen LogP contribution < -0.4 is 5.32 Å². The Hall–Kier alpha value is -1.07. The van der Waals surface area contributed by atoms with Crippen LogP contribution in [0.1, 0.15) is 18.4 Å². The van der Waals surface area contributed by atoms with E-state index in [2.05, 4.69) is 10.2 Å². The molecule has 0 spiro atoms. The van der Waals surface area contributed by atoms with Crippen LogP contribution in [-0.2, 0) is 6.54 Å². The zero-order chi connectivity index (χ0) is 13.8. The Kier molecular flexibility index (Phi) is 4.82. The summed E-state index contributed by atoms with van der Waals surface area (Å²) in [6.07, 6.45) is 2.10. The molecule has 0 radical (unpaired) electrons. The first-order valence-electron chi connectivity index (χ1n) is 6.60. The fourth-order valence-electron chi connectivity index (χ4n) is 2.56. The van der Waals surface area contributed by atoms with Gasteiger partial charge >= 0.3 is 0 Å². The van der Waals surface area contributed by atoms with Gasteiger partial charge in [-0.05, 0) is 51.5 Å². The van der Waals surface area contributed by atoms with E-state index in [0.717, 1.165) is 38.5 Å². The Bertz CT molecular complexity index is 429. The Morgan fingerprint density at radius 2 is 1.74 bits per heavy atom. The summed E-state index contributed by atoms with van der Waals surface area (Å²) in [4.78, 5) is 2.09. The molecule has 19 heavy (non-hydrogen) atoms. The summed E-state index contributed by atoms with van der Waals surface area (Å²) in [5, 5.41) is 3.15. The maximum atomic E-state index is 13.5. The number of nitrogens with zero attached hydrogens (tertiary/aromatic N) is 1. The first-order valence-corrected chi connectivity index (χ1v) is 6.60. The quantitative estimate of drug-likeness (QED) is 0.847. The number of rotatable bonds is 4. The maximum absolute atomic E-state index is 13.5. The second-order valence-corrected chi connectivity index (χ2v) is 5.13. The minimum atomic E-state index is -1.13. The van der Waals surface area contributed by atoms with Gasteiger partial charge in [-0.3, -0.25) is 4.90 Å². The van der Waals surface area contributed by atoms with Crippen LogP contribution in [-0.4, -0.2) is 31.6 Å². The van der Waals surface area contributed by atoms with Crippen LogP contribution in [0.5, 0.6) is 0 Å². The molecule has 0 bridgehead atoms. The molecule has 5 heteroatoms. The molecule has 0 atom stereocenters. The minimum absolute atomic E-state index is 0.228. The molecule has 0 amide bonds. The van der Waals surface area contributed by atoms with E-state index in [4.69, 9.17) is 0 Å². The van der Waals surface area contributed by atoms with Crippen LogP contribution in [0.25, 0.3) is 0 Å². The third-order valence-electron chi connectivity index (χ3n) is 3.68. The third kappa shape index (κ3) is 3.70. The van der Waals surface area contributed by atoms with Crippen molar-refractivity contribution in [3.05, 3.63) is 35.1 Å². The van der Waals surface area contributed by atoms with Gasteiger partial charge in [-0.2, -0.15) is 0 Å². The highest BCUT2D eigenvalue weighted by molar-refractivity contribution is 5.20. The number of hydrogen-bond donors (Lipinski definition) is 1. The molecular weight excluding hydrogens is 253 g/mol. The monoisotopic (exact) mass is 272 g/mol. The van der Waals surface area contributed by atoms with Crippen LogP contribution in [0.4, 0.5) is 13.2 Å². The summed E-state index contributed by atoms with van der Waals surface area (Å²) in [6.45, 7) is 3.07. The van der Waals surface area contributed by atoms with Crippen LogP contribution in [0.2, 0.25) is 0 Å². The molecule has 1 saturated heterocycles. The van der Waals surface area contributed by atoms with E-state index in [-0.39, 0.29) is 5.56 Å². The molecule has 0 unspecified atom stereocenters. The van der Waals surface area contributed by atoms with Crippen LogP contribution >= 0.6 is 0 Å². The van der Waals surface area contributed by atoms with Crippen LogP contribution in [0, 0.1) is 23.4 Å². The van der Waals surface area contributed by atoms with E-state index < -0.39 is 17.5 Å². The van der Waals surface area contributed by atoms with E-state index in [0.29, 0.717) is 18.5 Å². The van der Waals surface area contributed by atoms with Crippen molar-refractivity contribution < 1.29 is 13.2 Å². The number of piperidine rings is 1. The molecule has 0 aliphatic carbocycles. The highest BCUT2D eigenvalue weighted by atomic mass is 19.2. The summed E-state index contributed by atoms with van der Waals surface area (Å²) >= 11 is 0. The maximum Gasteiger partial charge on any atom is 0.161 e. The third-order valence-corrected chi connectivity index (χ3v) is 3.68. The minimum Gasteiger partial charge on any atom is -0.319 e. The number of hydrogen-bond acceptors (Lipinski definition) is 2. The molecular formula is C14H19F3N2. The van der Waals surface area contributed by atoms with Gasteiger partial charge in [0.25, 0.3) is 0 Å². The predicted octanol–water partition coefficient (Wildman–Crippen LogP) is 2.54. The second-order valence-electron chi connectivity index (χ2n) is 5.13. The topological polar surface area (TPSA) is 15.3 Å². The van der Waals surface area contributed by atoms with Gasteiger partial charge in [-0.15, -0.1) is 0 Å². The Morgan fingerprint density at radius 3 is 2.37 bits per heavy atom. The van der Waals surface area contributed by atoms with Crippen molar-refractivity contribution in [2.45, 2.75) is 19.4 Å². The first-order chi connectivity index (χ1) is 9.10. The normalized spacial score (nSPS) is 17.9. The van der Waals surface area contributed by atoms with Crippen LogP contribution in [0.3, 0.4) is 0 Å². The molecule has 1 aliphatic rings. The van der Waals surface area contributed by atoms with Crippen molar-refractivity contribution in [2.75, 3.05) is 26.7 Å². The number of benzene rings is 1. The van der Waals surface area contributed by atoms with Crippen molar-refractivity contribution in [1.29, 1.82) is 0 Å². The molecule has 1 aromatic carbocycles. The summed E-state index contributed by atoms with van der Waals surface area (Å²) < 4.78 is 39.5. The Morgan fingerprint density at radius 1 is 1.11 bits per heavy atom. The number of likely N-dealkylation sites (tertiary alicyclic amines) is 1. The number of halogens is 3. The zero-order valence-electron chi connectivity index (χ0n) is 11.1. The number of nitrogens with one attached hydrogen (secondary N) is 1. The molecule has 2 nitrogen and oxygen atoms in total. The van der Waals surface area contributed by atoms with Gasteiger partial charge in [0.05, 0.1) is 0 Å². The summed E-state index contributed by atoms with van der Waals surface area (Å²) in [5.41, 5.74) is 0.228. The highest BCUT2D eigenvalue weighted by Gasteiger charge is 2.20. The van der Waals surface area contributed by atoms with Gasteiger partial charge < -0.3 is 5.32 Å². The summed E-state index contributed by atoms with van der Waals surface area (Å²) in [6, 6.07) is 1.59. The lowest BCUT2D eigenvalue weighted by Crippen LogP contribution is -2.36. The molecule has 1 fully saturated rings. The lowest BCUT2D eigenvalue weighted by atomic mass is 9.96. The largest absolute Gasteiger partial charge is 0.319 e. The SMILES string of the molecule is CNCC1CCN(Cc2cc(F)c(F)cc2F)CC1. The molecule has 1 heterocycles. The van der Waals surface area contributed by atoms with E-state index in [1.807, 2.05) is 7.05 Å². The summed E-state index contributed by atoms with van der Waals surface area (Å²) in [7, 11) is 1.93. The fourth-order valence-corrected chi connectivity index (χ4v) is 2.56. The van der Waals surface area contributed by atoms with E-state index in [1.54, 1.807) is 0 Å². The summed E-state index contributed by atoms with van der Waals surface area (Å²) in [5.74, 6) is -2.14. The van der Waals surface area contributed by atoms with Gasteiger partial charge in [0.1, 0.15) is 5.82 Å². The van der Waals surface area contributed by atoms with E-state index in [1.165, 1.54) is 0 Å². The van der Waals surface area contributed by atoms with Crippen LogP contribution in [0.15, 0.2) is 12.1 Å². The predicted molar refractivity (Wildman–Crippen MR) is 68.2 cm³/mol. The standard InChI is InChI=1S/C14H19F3N2/c1-18-8-10-2-4-19(5-3-10)9-11-6-13(16)14(17)7-12(11)15/h6-7,10,18H,2-5,8-9H2,1H3. The fraction of sp³-hybridized carbons (Fsp3) is 0.571. The molecule has 1 N–H and O–H groups in total. The van der Waals surface area contributed by atoms with Gasteiger partial charge in [0.2, 0.25) is 0 Å². The average Bonchev–Trinajstić information content (AvgIpc) is 2.38. The van der Waals surface area contributed by atoms with Crippen molar-refractivity contribution >= 4 is 0 Å². The van der Waals surface area contributed by atoms with Gasteiger partial charge in [-0.25, -0.2) is 13.2 Å². The van der Waals surface area contributed by atoms with Crippen molar-refractivity contribution in [2.24, 2.45) is 5.92 Å². The molecule has 0 saturated carbocycles. The van der Waals surface area contributed by atoms with E-state index in [9.17, 15) is 13.2 Å². The Balaban J connectivity index is 1.94. The van der Waals surface area contributed by atoms with Crippen molar-refractivity contribution in [1.82, 2.24) is 10.2 Å². The molecule has 1 aromatic rings. The lowest BCUT2D eigenvalue weighted by Gasteiger charge is -2.31. The van der Waals surface area contributed by atoms with E-state index >= 15 is 0 Å². The molecule has 106 valence electrons. The molecule has 0 aromatic heterocycles. The smallest absolute Gasteiger partial charge is 0.161 e. The highest BCUT2D eigenvalue weighted by Crippen LogP contribution is 2.20.